The van der Waals surface area contributed by atoms with Gasteiger partial charge in [-0.2, -0.15) is 0 Å². The lowest BCUT2D eigenvalue weighted by Crippen LogP contribution is -2.34. The molecule has 0 aromatic heterocycles. The Morgan fingerprint density at radius 3 is 2.67 bits per heavy atom. The van der Waals surface area contributed by atoms with Crippen LogP contribution in [0.5, 0.6) is 0 Å². The standard InChI is InChI=1S/C12H15BrFNO5S/c1-7(3-4-20-2)15-21(18,19)10-6-8(13)5-9(11(10)14)12(16)17/h5-7,15H,3-4H2,1-2H3,(H,16,17). The molecular weight excluding hydrogens is 369 g/mol. The SMILES string of the molecule is COCCC(C)NS(=O)(=O)c1cc(Br)cc(C(=O)O)c1F. The Balaban J connectivity index is 3.17. The Labute approximate surface area is 130 Å². The van der Waals surface area contributed by atoms with E-state index in [9.17, 15) is 17.6 Å². The number of carboxylic acids is 1. The summed E-state index contributed by atoms with van der Waals surface area (Å²) in [6.45, 7) is 1.94. The number of carbonyl (C=O) groups is 1. The second-order valence-electron chi connectivity index (χ2n) is 4.37. The van der Waals surface area contributed by atoms with E-state index >= 15 is 0 Å². The van der Waals surface area contributed by atoms with Gasteiger partial charge in [-0.3, -0.25) is 0 Å². The second-order valence-corrected chi connectivity index (χ2v) is 6.97. The van der Waals surface area contributed by atoms with Crippen molar-refractivity contribution in [3.63, 3.8) is 0 Å². The molecule has 0 radical (unpaired) electrons. The Bertz CT molecular complexity index is 635. The fourth-order valence-electron chi connectivity index (χ4n) is 1.60. The highest BCUT2D eigenvalue weighted by molar-refractivity contribution is 9.10. The predicted octanol–water partition coefficient (Wildman–Crippen LogP) is 1.99. The zero-order valence-electron chi connectivity index (χ0n) is 11.4. The normalized spacial score (nSPS) is 13.1. The molecule has 2 N–H and O–H groups in total. The fraction of sp³-hybridized carbons (Fsp3) is 0.417. The molecule has 0 amide bonds. The van der Waals surface area contributed by atoms with Crippen molar-refractivity contribution in [3.8, 4) is 0 Å². The van der Waals surface area contributed by atoms with Crippen molar-refractivity contribution in [3.05, 3.63) is 28.0 Å². The van der Waals surface area contributed by atoms with Crippen LogP contribution in [0.1, 0.15) is 23.7 Å². The van der Waals surface area contributed by atoms with E-state index < -0.39 is 38.3 Å². The molecule has 1 unspecified atom stereocenters. The first-order chi connectivity index (χ1) is 9.69. The van der Waals surface area contributed by atoms with Gasteiger partial charge in [-0.15, -0.1) is 0 Å². The number of methoxy groups -OCH3 is 1. The summed E-state index contributed by atoms with van der Waals surface area (Å²) in [6, 6.07) is 1.54. The zero-order chi connectivity index (χ0) is 16.2. The average molecular weight is 384 g/mol. The molecule has 1 aromatic rings. The maximum atomic E-state index is 14.1. The first kappa shape index (κ1) is 18.0. The molecule has 0 bridgehead atoms. The molecule has 0 saturated carbocycles. The molecule has 9 heteroatoms. The number of hydrogen-bond acceptors (Lipinski definition) is 4. The van der Waals surface area contributed by atoms with Crippen LogP contribution >= 0.6 is 15.9 Å². The highest BCUT2D eigenvalue weighted by Crippen LogP contribution is 2.24. The van der Waals surface area contributed by atoms with Crippen LogP contribution in [0.2, 0.25) is 0 Å². The van der Waals surface area contributed by atoms with Gasteiger partial charge in [0.05, 0.1) is 5.56 Å². The van der Waals surface area contributed by atoms with E-state index in [1.165, 1.54) is 7.11 Å². The van der Waals surface area contributed by atoms with Crippen LogP contribution in [0.4, 0.5) is 4.39 Å². The molecule has 0 aliphatic carbocycles. The second kappa shape index (κ2) is 7.30. The van der Waals surface area contributed by atoms with Gasteiger partial charge in [-0.05, 0) is 25.5 Å². The molecule has 0 saturated heterocycles. The van der Waals surface area contributed by atoms with Crippen molar-refractivity contribution in [2.45, 2.75) is 24.3 Å². The van der Waals surface area contributed by atoms with Crippen LogP contribution in [0.15, 0.2) is 21.5 Å². The first-order valence-electron chi connectivity index (χ1n) is 5.92. The lowest BCUT2D eigenvalue weighted by molar-refractivity contribution is 0.0691. The first-order valence-corrected chi connectivity index (χ1v) is 8.20. The summed E-state index contributed by atoms with van der Waals surface area (Å²) < 4.78 is 45.6. The van der Waals surface area contributed by atoms with Crippen LogP contribution in [0.25, 0.3) is 0 Å². The molecule has 1 atom stereocenters. The quantitative estimate of drug-likeness (QED) is 0.750. The number of carboxylic acid groups (broad SMARTS) is 1. The summed E-state index contributed by atoms with van der Waals surface area (Å²) in [5, 5.41) is 8.89. The Hall–Kier alpha value is -1.03. The number of nitrogens with one attached hydrogen (secondary N) is 1. The van der Waals surface area contributed by atoms with Gasteiger partial charge >= 0.3 is 5.97 Å². The van der Waals surface area contributed by atoms with Crippen LogP contribution in [0.3, 0.4) is 0 Å². The summed E-state index contributed by atoms with van der Waals surface area (Å²) in [6.07, 6.45) is 0.400. The molecule has 0 fully saturated rings. The average Bonchev–Trinajstić information content (AvgIpc) is 2.37. The number of rotatable bonds is 7. The van der Waals surface area contributed by atoms with E-state index in [1.807, 2.05) is 0 Å². The summed E-state index contributed by atoms with van der Waals surface area (Å²) in [7, 11) is -2.69. The fourth-order valence-corrected chi connectivity index (χ4v) is 3.61. The van der Waals surface area contributed by atoms with Gasteiger partial charge in [0, 0.05) is 24.2 Å². The van der Waals surface area contributed by atoms with Crippen LogP contribution < -0.4 is 4.72 Å². The molecule has 1 aromatic carbocycles. The Morgan fingerprint density at radius 2 is 2.14 bits per heavy atom. The third kappa shape index (κ3) is 4.73. The summed E-state index contributed by atoms with van der Waals surface area (Å²) in [4.78, 5) is 10.2. The van der Waals surface area contributed by atoms with Crippen molar-refractivity contribution < 1.29 is 27.4 Å². The van der Waals surface area contributed by atoms with Gasteiger partial charge in [-0.25, -0.2) is 22.3 Å². The molecule has 0 aliphatic rings. The number of benzene rings is 1. The maximum absolute atomic E-state index is 14.1. The molecule has 0 heterocycles. The zero-order valence-corrected chi connectivity index (χ0v) is 13.8. The van der Waals surface area contributed by atoms with Crippen molar-refractivity contribution in [1.82, 2.24) is 4.72 Å². The number of aromatic carboxylic acids is 1. The highest BCUT2D eigenvalue weighted by Gasteiger charge is 2.26. The van der Waals surface area contributed by atoms with E-state index in [0.29, 0.717) is 13.0 Å². The molecule has 118 valence electrons. The predicted molar refractivity (Wildman–Crippen MR) is 77.3 cm³/mol. The number of ether oxygens (including phenoxy) is 1. The van der Waals surface area contributed by atoms with E-state index in [-0.39, 0.29) is 4.47 Å². The molecule has 0 aliphatic heterocycles. The smallest absolute Gasteiger partial charge is 0.338 e. The molecule has 21 heavy (non-hydrogen) atoms. The van der Waals surface area contributed by atoms with Crippen LogP contribution in [-0.2, 0) is 14.8 Å². The lowest BCUT2D eigenvalue weighted by atomic mass is 10.2. The van der Waals surface area contributed by atoms with Gasteiger partial charge in [0.15, 0.2) is 5.82 Å². The monoisotopic (exact) mass is 383 g/mol. The van der Waals surface area contributed by atoms with Gasteiger partial charge in [-0.1, -0.05) is 15.9 Å². The minimum Gasteiger partial charge on any atom is -0.478 e. The van der Waals surface area contributed by atoms with Crippen molar-refractivity contribution in [2.75, 3.05) is 13.7 Å². The van der Waals surface area contributed by atoms with Gasteiger partial charge in [0.25, 0.3) is 0 Å². The largest absolute Gasteiger partial charge is 0.478 e. The minimum atomic E-state index is -4.17. The van der Waals surface area contributed by atoms with Crippen molar-refractivity contribution in [2.24, 2.45) is 0 Å². The van der Waals surface area contributed by atoms with E-state index in [1.54, 1.807) is 6.92 Å². The maximum Gasteiger partial charge on any atom is 0.338 e. The van der Waals surface area contributed by atoms with Crippen molar-refractivity contribution >= 4 is 31.9 Å². The number of hydrogen-bond donors (Lipinski definition) is 2. The van der Waals surface area contributed by atoms with Crippen LogP contribution in [0, 0.1) is 5.82 Å². The molecule has 1 rings (SSSR count). The van der Waals surface area contributed by atoms with E-state index in [2.05, 4.69) is 20.7 Å². The molecule has 6 nitrogen and oxygen atoms in total. The summed E-state index contributed by atoms with van der Waals surface area (Å²) in [5.41, 5.74) is -0.714. The highest BCUT2D eigenvalue weighted by atomic mass is 79.9. The number of sulfonamides is 1. The lowest BCUT2D eigenvalue weighted by Gasteiger charge is -2.15. The van der Waals surface area contributed by atoms with Crippen molar-refractivity contribution in [1.29, 1.82) is 0 Å². The summed E-state index contributed by atoms with van der Waals surface area (Å²) in [5.74, 6) is -2.84. The van der Waals surface area contributed by atoms with Gasteiger partial charge in [0.2, 0.25) is 10.0 Å². The third-order valence-corrected chi connectivity index (χ3v) is 4.68. The Kier molecular flexibility index (Phi) is 6.26. The van der Waals surface area contributed by atoms with Crippen LogP contribution in [-0.4, -0.2) is 39.3 Å². The Morgan fingerprint density at radius 1 is 1.52 bits per heavy atom. The third-order valence-electron chi connectivity index (χ3n) is 2.64. The minimum absolute atomic E-state index is 0.159. The summed E-state index contributed by atoms with van der Waals surface area (Å²) >= 11 is 2.97. The van der Waals surface area contributed by atoms with Gasteiger partial charge < -0.3 is 9.84 Å². The number of halogens is 2. The van der Waals surface area contributed by atoms with E-state index in [4.69, 9.17) is 9.84 Å². The molecular formula is C12H15BrFNO5S. The van der Waals surface area contributed by atoms with Gasteiger partial charge in [0.1, 0.15) is 4.90 Å². The molecule has 0 spiro atoms. The topological polar surface area (TPSA) is 92.7 Å². The van der Waals surface area contributed by atoms with E-state index in [0.717, 1.165) is 12.1 Å².